The van der Waals surface area contributed by atoms with Crippen LogP contribution in [-0.4, -0.2) is 64.9 Å². The van der Waals surface area contributed by atoms with Gasteiger partial charge in [-0.2, -0.15) is 0 Å². The van der Waals surface area contributed by atoms with Crippen molar-refractivity contribution < 1.29 is 23.7 Å². The molecule has 0 spiro atoms. The highest BCUT2D eigenvalue weighted by molar-refractivity contribution is 5.67. The number of rotatable bonds is 18. The molecule has 3 saturated carbocycles. The van der Waals surface area contributed by atoms with Gasteiger partial charge in [-0.1, -0.05) is 65.5 Å². The monoisotopic (exact) mass is 618 g/mol. The summed E-state index contributed by atoms with van der Waals surface area (Å²) in [4.78, 5) is 12.6. The smallest absolute Gasteiger partial charge is 0.407 e. The number of alkyl carbamates (subject to hydrolysis) is 1. The average molecular weight is 619 g/mol. The fourth-order valence-corrected chi connectivity index (χ4v) is 9.94. The molecule has 44 heavy (non-hydrogen) atoms. The minimum absolute atomic E-state index is 0.00971. The maximum Gasteiger partial charge on any atom is 0.407 e. The molecule has 0 bridgehead atoms. The number of carbonyl (C=O) groups is 1. The van der Waals surface area contributed by atoms with Crippen LogP contribution in [0.1, 0.15) is 112 Å². The average Bonchev–Trinajstić information content (AvgIpc) is 3.35. The quantitative estimate of drug-likeness (QED) is 0.122. The summed E-state index contributed by atoms with van der Waals surface area (Å²) in [7, 11) is 0. The van der Waals surface area contributed by atoms with Gasteiger partial charge in [0.15, 0.2) is 0 Å². The van der Waals surface area contributed by atoms with Crippen LogP contribution in [0.5, 0.6) is 0 Å². The number of fused-ring (bicyclic) bond motifs is 5. The Labute approximate surface area is 269 Å². The zero-order chi connectivity index (χ0) is 31.6. The van der Waals surface area contributed by atoms with Crippen molar-refractivity contribution in [1.82, 2.24) is 5.32 Å². The molecule has 0 aromatic carbocycles. The van der Waals surface area contributed by atoms with E-state index in [1.165, 1.54) is 51.4 Å². The van der Waals surface area contributed by atoms with E-state index in [1.54, 1.807) is 5.57 Å². The van der Waals surface area contributed by atoms with E-state index in [0.717, 1.165) is 61.2 Å². The highest BCUT2D eigenvalue weighted by Crippen LogP contribution is 2.67. The van der Waals surface area contributed by atoms with Crippen molar-refractivity contribution in [2.45, 2.75) is 118 Å². The van der Waals surface area contributed by atoms with E-state index in [0.29, 0.717) is 58.1 Å². The molecule has 7 heteroatoms. The number of amides is 1. The Morgan fingerprint density at radius 1 is 0.909 bits per heavy atom. The minimum atomic E-state index is -0.290. The number of nitrogens with two attached hydrogens (primary N) is 1. The number of carbonyl (C=O) groups excluding carboxylic acids is 1. The van der Waals surface area contributed by atoms with Crippen molar-refractivity contribution in [3.05, 3.63) is 11.6 Å². The van der Waals surface area contributed by atoms with Gasteiger partial charge in [0, 0.05) is 26.1 Å². The Balaban J connectivity index is 1.17. The summed E-state index contributed by atoms with van der Waals surface area (Å²) in [5.41, 5.74) is 7.76. The number of allylic oxidation sites excluding steroid dienone is 1. The van der Waals surface area contributed by atoms with E-state index in [2.05, 4.69) is 46.0 Å². The third kappa shape index (κ3) is 9.01. The van der Waals surface area contributed by atoms with E-state index in [1.807, 2.05) is 0 Å². The molecule has 7 nitrogen and oxygen atoms in total. The molecule has 8 atom stereocenters. The molecule has 254 valence electrons. The van der Waals surface area contributed by atoms with Crippen LogP contribution in [0.25, 0.3) is 0 Å². The van der Waals surface area contributed by atoms with Crippen LogP contribution in [-0.2, 0) is 18.9 Å². The number of ether oxygens (including phenoxy) is 4. The Bertz CT molecular complexity index is 910. The molecule has 0 aromatic heterocycles. The molecule has 3 N–H and O–H groups in total. The number of hydrogen-bond acceptors (Lipinski definition) is 6. The standard InChI is InChI=1S/C37H66N2O5/c1-27(2)8-6-9-28(3)32-12-13-33-31-11-10-29-26-30(14-16-36(29,4)34(31)15-17-37(32,33)5)44-35(40)39-19-7-20-41-22-24-43-25-23-42-21-18-38/h10,27-28,30-34H,6-9,11-26,38H2,1-5H3,(H,39,40). The SMILES string of the molecule is CC(C)CCCC(C)C1CCC2C3CC=C4CC(OC(=O)NCCCOCCOCCOCCN)CCC4(C)C3CCC12C. The van der Waals surface area contributed by atoms with Crippen molar-refractivity contribution in [3.63, 3.8) is 0 Å². The third-order valence-electron chi connectivity index (χ3n) is 12.3. The van der Waals surface area contributed by atoms with E-state index in [-0.39, 0.29) is 17.6 Å². The van der Waals surface area contributed by atoms with Crippen LogP contribution in [0.4, 0.5) is 4.79 Å². The summed E-state index contributed by atoms with van der Waals surface area (Å²) >= 11 is 0. The molecule has 0 radical (unpaired) electrons. The summed E-state index contributed by atoms with van der Waals surface area (Å²) in [5.74, 6) is 5.09. The van der Waals surface area contributed by atoms with Gasteiger partial charge in [-0.05, 0) is 97.7 Å². The van der Waals surface area contributed by atoms with Gasteiger partial charge in [0.2, 0.25) is 0 Å². The van der Waals surface area contributed by atoms with Crippen molar-refractivity contribution in [2.24, 2.45) is 52.1 Å². The van der Waals surface area contributed by atoms with Gasteiger partial charge in [-0.25, -0.2) is 4.79 Å². The molecule has 8 unspecified atom stereocenters. The lowest BCUT2D eigenvalue weighted by molar-refractivity contribution is -0.0581. The lowest BCUT2D eigenvalue weighted by atomic mass is 9.47. The summed E-state index contributed by atoms with van der Waals surface area (Å²) in [6, 6.07) is 0. The molecule has 4 aliphatic carbocycles. The van der Waals surface area contributed by atoms with Gasteiger partial charge >= 0.3 is 6.09 Å². The first-order chi connectivity index (χ1) is 21.2. The molecule has 0 saturated heterocycles. The first kappa shape index (κ1) is 35.7. The van der Waals surface area contributed by atoms with Gasteiger partial charge < -0.3 is 30.0 Å². The van der Waals surface area contributed by atoms with Gasteiger partial charge in [-0.3, -0.25) is 0 Å². The van der Waals surface area contributed by atoms with Gasteiger partial charge in [0.05, 0.1) is 33.0 Å². The van der Waals surface area contributed by atoms with Crippen LogP contribution in [0.2, 0.25) is 0 Å². The fraction of sp³-hybridized carbons (Fsp3) is 0.919. The van der Waals surface area contributed by atoms with Crippen LogP contribution >= 0.6 is 0 Å². The molecule has 1 amide bonds. The maximum absolute atomic E-state index is 12.6. The number of nitrogens with one attached hydrogen (secondary N) is 1. The van der Waals surface area contributed by atoms with Crippen LogP contribution in [0.15, 0.2) is 11.6 Å². The lowest BCUT2D eigenvalue weighted by Gasteiger charge is -2.58. The molecule has 0 aromatic rings. The van der Waals surface area contributed by atoms with Crippen molar-refractivity contribution in [3.8, 4) is 0 Å². The summed E-state index contributed by atoms with van der Waals surface area (Å²) in [5, 5.41) is 2.93. The first-order valence-electron chi connectivity index (χ1n) is 18.3. The Morgan fingerprint density at radius 3 is 2.36 bits per heavy atom. The van der Waals surface area contributed by atoms with Gasteiger partial charge in [0.25, 0.3) is 0 Å². The predicted molar refractivity (Wildman–Crippen MR) is 177 cm³/mol. The lowest BCUT2D eigenvalue weighted by Crippen LogP contribution is -2.51. The van der Waals surface area contributed by atoms with Crippen molar-refractivity contribution in [1.29, 1.82) is 0 Å². The molecular weight excluding hydrogens is 552 g/mol. The topological polar surface area (TPSA) is 92.0 Å². The second-order valence-electron chi connectivity index (χ2n) is 15.5. The molecule has 4 rings (SSSR count). The summed E-state index contributed by atoms with van der Waals surface area (Å²) < 4.78 is 22.2. The Morgan fingerprint density at radius 2 is 1.64 bits per heavy atom. The van der Waals surface area contributed by atoms with Gasteiger partial charge in [0.1, 0.15) is 6.10 Å². The minimum Gasteiger partial charge on any atom is -0.446 e. The zero-order valence-electron chi connectivity index (χ0n) is 28.9. The summed E-state index contributed by atoms with van der Waals surface area (Å²) in [6.07, 6.45) is 17.1. The molecular formula is C37H66N2O5. The molecule has 0 aliphatic heterocycles. The van der Waals surface area contributed by atoms with E-state index >= 15 is 0 Å². The van der Waals surface area contributed by atoms with Crippen LogP contribution in [0.3, 0.4) is 0 Å². The van der Waals surface area contributed by atoms with Crippen LogP contribution < -0.4 is 11.1 Å². The second-order valence-corrected chi connectivity index (χ2v) is 15.5. The predicted octanol–water partition coefficient (Wildman–Crippen LogP) is 7.52. The highest BCUT2D eigenvalue weighted by Gasteiger charge is 2.59. The molecule has 3 fully saturated rings. The Kier molecular flexibility index (Phi) is 13.9. The highest BCUT2D eigenvalue weighted by atomic mass is 16.6. The zero-order valence-corrected chi connectivity index (χ0v) is 28.9. The fourth-order valence-electron chi connectivity index (χ4n) is 9.94. The molecule has 0 heterocycles. The largest absolute Gasteiger partial charge is 0.446 e. The maximum atomic E-state index is 12.6. The van der Waals surface area contributed by atoms with E-state index in [9.17, 15) is 4.79 Å². The van der Waals surface area contributed by atoms with Crippen molar-refractivity contribution in [2.75, 3.05) is 52.7 Å². The van der Waals surface area contributed by atoms with Gasteiger partial charge in [-0.15, -0.1) is 0 Å². The van der Waals surface area contributed by atoms with E-state index in [4.69, 9.17) is 24.7 Å². The van der Waals surface area contributed by atoms with Crippen molar-refractivity contribution >= 4 is 6.09 Å². The summed E-state index contributed by atoms with van der Waals surface area (Å²) in [6.45, 7) is 16.9. The Hall–Kier alpha value is -1.15. The number of hydrogen-bond donors (Lipinski definition) is 2. The normalized spacial score (nSPS) is 33.7. The molecule has 4 aliphatic rings. The van der Waals surface area contributed by atoms with E-state index < -0.39 is 0 Å². The first-order valence-corrected chi connectivity index (χ1v) is 18.3. The second kappa shape index (κ2) is 17.1. The van der Waals surface area contributed by atoms with Crippen LogP contribution in [0, 0.1) is 46.3 Å². The third-order valence-corrected chi connectivity index (χ3v) is 12.3.